The predicted octanol–water partition coefficient (Wildman–Crippen LogP) is 3.76. The van der Waals surface area contributed by atoms with Gasteiger partial charge in [-0.1, -0.05) is 30.3 Å². The SMILES string of the molecule is CC1CC(O)CC(C)(C)N1C.CC1CC(OC(=O)C(O)c2ccccc2)CC(C)(C)N1C. The molecule has 2 saturated heterocycles. The molecule has 0 spiro atoms. The number of piperidine rings is 2. The Morgan fingerprint density at radius 2 is 1.47 bits per heavy atom. The summed E-state index contributed by atoms with van der Waals surface area (Å²) in [5.41, 5.74) is 0.722. The summed E-state index contributed by atoms with van der Waals surface area (Å²) in [4.78, 5) is 16.8. The second kappa shape index (κ2) is 10.6. The molecular weight excluding hydrogens is 404 g/mol. The van der Waals surface area contributed by atoms with Crippen LogP contribution in [0.25, 0.3) is 0 Å². The molecule has 6 heteroatoms. The number of aliphatic hydroxyl groups excluding tert-OH is 2. The van der Waals surface area contributed by atoms with Crippen LogP contribution < -0.4 is 0 Å². The average molecular weight is 449 g/mol. The molecule has 2 aliphatic rings. The molecular formula is C26H44N2O4. The van der Waals surface area contributed by atoms with E-state index in [-0.39, 0.29) is 23.3 Å². The highest BCUT2D eigenvalue weighted by Crippen LogP contribution is 2.32. The van der Waals surface area contributed by atoms with Crippen molar-refractivity contribution in [2.24, 2.45) is 0 Å². The van der Waals surface area contributed by atoms with Gasteiger partial charge in [0.25, 0.3) is 0 Å². The van der Waals surface area contributed by atoms with Crippen molar-refractivity contribution in [3.8, 4) is 0 Å². The van der Waals surface area contributed by atoms with Gasteiger partial charge in [-0.2, -0.15) is 0 Å². The van der Waals surface area contributed by atoms with Crippen LogP contribution >= 0.6 is 0 Å². The van der Waals surface area contributed by atoms with Crippen molar-refractivity contribution in [2.75, 3.05) is 14.1 Å². The minimum Gasteiger partial charge on any atom is -0.460 e. The molecule has 1 aromatic carbocycles. The molecule has 0 amide bonds. The minimum atomic E-state index is -1.20. The predicted molar refractivity (Wildman–Crippen MR) is 128 cm³/mol. The lowest BCUT2D eigenvalue weighted by Crippen LogP contribution is -2.54. The molecule has 2 fully saturated rings. The molecule has 0 bridgehead atoms. The molecule has 5 unspecified atom stereocenters. The van der Waals surface area contributed by atoms with Gasteiger partial charge < -0.3 is 14.9 Å². The molecule has 0 aromatic heterocycles. The zero-order valence-corrected chi connectivity index (χ0v) is 21.2. The van der Waals surface area contributed by atoms with Crippen molar-refractivity contribution in [3.63, 3.8) is 0 Å². The summed E-state index contributed by atoms with van der Waals surface area (Å²) in [7, 11) is 4.23. The standard InChI is InChI=1S/C17H25NO3.C9H19NO/c1-12-10-14(11-17(2,3)18(12)4)21-16(20)15(19)13-8-6-5-7-9-13;1-7-5-8(11)6-9(2,3)10(7)4/h5-9,12,14-15,19H,10-11H2,1-4H3;7-8,11H,5-6H2,1-4H3. The van der Waals surface area contributed by atoms with Gasteiger partial charge in [-0.15, -0.1) is 0 Å². The van der Waals surface area contributed by atoms with Crippen LogP contribution in [0.3, 0.4) is 0 Å². The van der Waals surface area contributed by atoms with Crippen LogP contribution in [0.1, 0.15) is 78.9 Å². The first-order valence-corrected chi connectivity index (χ1v) is 11.8. The highest BCUT2D eigenvalue weighted by Gasteiger charge is 2.39. The molecule has 6 nitrogen and oxygen atoms in total. The lowest BCUT2D eigenvalue weighted by atomic mass is 9.85. The maximum Gasteiger partial charge on any atom is 0.339 e. The maximum absolute atomic E-state index is 12.1. The van der Waals surface area contributed by atoms with Crippen LogP contribution in [0.5, 0.6) is 0 Å². The van der Waals surface area contributed by atoms with E-state index in [0.29, 0.717) is 17.6 Å². The van der Waals surface area contributed by atoms with Crippen LogP contribution in [0, 0.1) is 0 Å². The zero-order chi connectivity index (χ0) is 24.3. The third-order valence-corrected chi connectivity index (χ3v) is 7.53. The van der Waals surface area contributed by atoms with Crippen molar-refractivity contribution in [3.05, 3.63) is 35.9 Å². The van der Waals surface area contributed by atoms with Gasteiger partial charge in [-0.3, -0.25) is 9.80 Å². The van der Waals surface area contributed by atoms with Gasteiger partial charge in [-0.25, -0.2) is 4.79 Å². The Morgan fingerprint density at radius 1 is 0.969 bits per heavy atom. The summed E-state index contributed by atoms with van der Waals surface area (Å²) in [6, 6.07) is 9.76. The number of ether oxygens (including phenoxy) is 1. The summed E-state index contributed by atoms with van der Waals surface area (Å²) in [5, 5.41) is 19.6. The number of hydrogen-bond donors (Lipinski definition) is 2. The fourth-order valence-corrected chi connectivity index (χ4v) is 4.96. The van der Waals surface area contributed by atoms with E-state index in [0.717, 1.165) is 25.7 Å². The van der Waals surface area contributed by atoms with Crippen molar-refractivity contribution < 1.29 is 19.7 Å². The lowest BCUT2D eigenvalue weighted by Gasteiger charge is -2.47. The Hall–Kier alpha value is -1.47. The largest absolute Gasteiger partial charge is 0.460 e. The van der Waals surface area contributed by atoms with Crippen LogP contribution in [0.2, 0.25) is 0 Å². The van der Waals surface area contributed by atoms with E-state index >= 15 is 0 Å². The van der Waals surface area contributed by atoms with Crippen molar-refractivity contribution in [2.45, 2.75) is 109 Å². The van der Waals surface area contributed by atoms with Gasteiger partial charge >= 0.3 is 5.97 Å². The quantitative estimate of drug-likeness (QED) is 0.686. The molecule has 3 rings (SSSR count). The van der Waals surface area contributed by atoms with Gasteiger partial charge in [0, 0.05) is 29.6 Å². The first-order valence-electron chi connectivity index (χ1n) is 11.8. The number of likely N-dealkylation sites (tertiary alicyclic amines) is 2. The topological polar surface area (TPSA) is 73.2 Å². The fourth-order valence-electron chi connectivity index (χ4n) is 4.96. The summed E-state index contributed by atoms with van der Waals surface area (Å²) in [6.45, 7) is 13.0. The number of hydrogen-bond acceptors (Lipinski definition) is 6. The Balaban J connectivity index is 0.000000278. The molecule has 2 heterocycles. The molecule has 2 N–H and O–H groups in total. The molecule has 2 aliphatic heterocycles. The number of aliphatic hydroxyl groups is 2. The lowest BCUT2D eigenvalue weighted by molar-refractivity contribution is -0.165. The smallest absolute Gasteiger partial charge is 0.339 e. The molecule has 32 heavy (non-hydrogen) atoms. The highest BCUT2D eigenvalue weighted by atomic mass is 16.6. The third kappa shape index (κ3) is 6.77. The summed E-state index contributed by atoms with van der Waals surface area (Å²) in [6.07, 6.45) is 1.94. The minimum absolute atomic E-state index is 0.0136. The first-order chi connectivity index (χ1) is 14.7. The molecule has 5 atom stereocenters. The molecule has 0 radical (unpaired) electrons. The van der Waals surface area contributed by atoms with E-state index in [1.807, 2.05) is 6.07 Å². The van der Waals surface area contributed by atoms with Gasteiger partial charge in [0.1, 0.15) is 6.10 Å². The Morgan fingerprint density at radius 3 is 1.97 bits per heavy atom. The van der Waals surface area contributed by atoms with Crippen LogP contribution in [0.4, 0.5) is 0 Å². The van der Waals surface area contributed by atoms with Crippen molar-refractivity contribution >= 4 is 5.97 Å². The van der Waals surface area contributed by atoms with Crippen molar-refractivity contribution in [1.29, 1.82) is 0 Å². The van der Waals surface area contributed by atoms with Crippen LogP contribution in [-0.4, -0.2) is 75.4 Å². The van der Waals surface area contributed by atoms with E-state index in [2.05, 4.69) is 65.4 Å². The number of carbonyl (C=O) groups is 1. The average Bonchev–Trinajstić information content (AvgIpc) is 2.70. The second-order valence-electron chi connectivity index (χ2n) is 11.0. The van der Waals surface area contributed by atoms with Gasteiger partial charge in [-0.05, 0) is 80.5 Å². The number of esters is 1. The number of nitrogens with zero attached hydrogens (tertiary/aromatic N) is 2. The van der Waals surface area contributed by atoms with E-state index < -0.39 is 12.1 Å². The summed E-state index contributed by atoms with van der Waals surface area (Å²) < 4.78 is 5.55. The molecule has 182 valence electrons. The Labute approximate surface area is 194 Å². The monoisotopic (exact) mass is 448 g/mol. The third-order valence-electron chi connectivity index (χ3n) is 7.53. The summed E-state index contributed by atoms with van der Waals surface area (Å²) >= 11 is 0. The maximum atomic E-state index is 12.1. The van der Waals surface area contributed by atoms with Crippen molar-refractivity contribution in [1.82, 2.24) is 9.80 Å². The number of benzene rings is 1. The molecule has 1 aromatic rings. The van der Waals surface area contributed by atoms with E-state index in [9.17, 15) is 15.0 Å². The number of rotatable bonds is 3. The first kappa shape index (κ1) is 26.8. The Kier molecular flexibility index (Phi) is 8.90. The zero-order valence-electron chi connectivity index (χ0n) is 21.2. The van der Waals surface area contributed by atoms with Gasteiger partial charge in [0.05, 0.1) is 6.10 Å². The number of carbonyl (C=O) groups excluding carboxylic acids is 1. The second-order valence-corrected chi connectivity index (χ2v) is 11.0. The Bertz CT molecular complexity index is 737. The summed E-state index contributed by atoms with van der Waals surface area (Å²) in [5.74, 6) is -0.557. The highest BCUT2D eigenvalue weighted by molar-refractivity contribution is 5.76. The van der Waals surface area contributed by atoms with E-state index in [1.54, 1.807) is 24.3 Å². The fraction of sp³-hybridized carbons (Fsp3) is 0.731. The normalized spacial score (nSPS) is 31.2. The van der Waals surface area contributed by atoms with Crippen LogP contribution in [-0.2, 0) is 9.53 Å². The molecule has 0 saturated carbocycles. The van der Waals surface area contributed by atoms with Gasteiger partial charge in [0.15, 0.2) is 6.10 Å². The molecule has 0 aliphatic carbocycles. The van der Waals surface area contributed by atoms with Crippen LogP contribution in [0.15, 0.2) is 30.3 Å². The van der Waals surface area contributed by atoms with E-state index in [4.69, 9.17) is 4.74 Å². The van der Waals surface area contributed by atoms with E-state index in [1.165, 1.54) is 0 Å². The van der Waals surface area contributed by atoms with Gasteiger partial charge in [0.2, 0.25) is 0 Å².